The van der Waals surface area contributed by atoms with Crippen molar-refractivity contribution in [3.05, 3.63) is 58.7 Å². The first-order valence-electron chi connectivity index (χ1n) is 11.6. The van der Waals surface area contributed by atoms with E-state index >= 15 is 0 Å². The summed E-state index contributed by atoms with van der Waals surface area (Å²) in [6, 6.07) is 12.4. The summed E-state index contributed by atoms with van der Waals surface area (Å²) < 4.78 is 0. The fourth-order valence-corrected chi connectivity index (χ4v) is 6.39. The second-order valence-corrected chi connectivity index (χ2v) is 10.5. The minimum Gasteiger partial charge on any atom is -0.504 e. The molecule has 162 valence electrons. The topological polar surface area (TPSA) is 52.5 Å². The molecule has 2 aliphatic rings. The normalized spacial score (nSPS) is 28.2. The Morgan fingerprint density at radius 1 is 1.03 bits per heavy atom. The van der Waals surface area contributed by atoms with E-state index in [0.717, 1.165) is 12.1 Å². The largest absolute Gasteiger partial charge is 0.504 e. The van der Waals surface area contributed by atoms with Crippen LogP contribution in [0.2, 0.25) is 0 Å². The molecule has 2 aromatic carbocycles. The summed E-state index contributed by atoms with van der Waals surface area (Å²) in [7, 11) is 0. The van der Waals surface area contributed by atoms with E-state index < -0.39 is 0 Å². The first kappa shape index (κ1) is 21.2. The summed E-state index contributed by atoms with van der Waals surface area (Å²) in [5.74, 6) is 1.16. The minimum atomic E-state index is -0.0599. The summed E-state index contributed by atoms with van der Waals surface area (Å²) in [5.41, 5.74) is 6.17. The highest BCUT2D eigenvalue weighted by Crippen LogP contribution is 2.57. The molecule has 0 heterocycles. The Bertz CT molecular complexity index is 921. The Kier molecular flexibility index (Phi) is 5.61. The summed E-state index contributed by atoms with van der Waals surface area (Å²) in [4.78, 5) is 0. The maximum absolute atomic E-state index is 9.76. The van der Waals surface area contributed by atoms with Gasteiger partial charge in [-0.15, -0.1) is 0 Å². The molecule has 0 bridgehead atoms. The molecule has 0 radical (unpaired) electrons. The van der Waals surface area contributed by atoms with Crippen LogP contribution in [0.1, 0.15) is 81.5 Å². The third-order valence-electron chi connectivity index (χ3n) is 8.07. The maximum Gasteiger partial charge on any atom is 0.157 e. The second-order valence-electron chi connectivity index (χ2n) is 10.5. The van der Waals surface area contributed by atoms with E-state index in [1.807, 2.05) is 6.07 Å². The molecule has 0 saturated heterocycles. The van der Waals surface area contributed by atoms with Gasteiger partial charge in [0.2, 0.25) is 0 Å². The first-order valence-corrected chi connectivity index (χ1v) is 11.6. The van der Waals surface area contributed by atoms with Crippen LogP contribution in [-0.4, -0.2) is 16.8 Å². The minimum absolute atomic E-state index is 0.0459. The van der Waals surface area contributed by atoms with Gasteiger partial charge in [0.1, 0.15) is 0 Å². The van der Waals surface area contributed by atoms with Crippen molar-refractivity contribution in [3.8, 4) is 11.5 Å². The van der Waals surface area contributed by atoms with Crippen molar-refractivity contribution in [2.75, 3.05) is 6.54 Å². The second kappa shape index (κ2) is 7.92. The number of nitrogens with one attached hydrogen (secondary N) is 1. The molecule has 1 saturated carbocycles. The lowest BCUT2D eigenvalue weighted by atomic mass is 9.49. The zero-order chi connectivity index (χ0) is 21.5. The number of benzene rings is 2. The highest BCUT2D eigenvalue weighted by molar-refractivity contribution is 5.42. The lowest BCUT2D eigenvalue weighted by molar-refractivity contribution is 0.0257. The highest BCUT2D eigenvalue weighted by Gasteiger charge is 2.51. The molecule has 3 atom stereocenters. The molecule has 1 fully saturated rings. The van der Waals surface area contributed by atoms with Gasteiger partial charge in [-0.05, 0) is 82.7 Å². The van der Waals surface area contributed by atoms with E-state index in [4.69, 9.17) is 0 Å². The predicted molar refractivity (Wildman–Crippen MR) is 123 cm³/mol. The van der Waals surface area contributed by atoms with Crippen molar-refractivity contribution in [1.29, 1.82) is 0 Å². The fourth-order valence-electron chi connectivity index (χ4n) is 6.39. The van der Waals surface area contributed by atoms with Crippen LogP contribution in [0.4, 0.5) is 0 Å². The number of hydrogen-bond donors (Lipinski definition) is 3. The SMILES string of the molecule is CC(C)c1ccc2c(c1)CCC1C(C)(CNCc3ccc(O)c(O)c3)CCCC21C. The smallest absolute Gasteiger partial charge is 0.157 e. The van der Waals surface area contributed by atoms with Gasteiger partial charge in [-0.2, -0.15) is 0 Å². The summed E-state index contributed by atoms with van der Waals surface area (Å²) in [6.45, 7) is 11.2. The molecule has 0 aromatic heterocycles. The Hall–Kier alpha value is -2.00. The van der Waals surface area contributed by atoms with Crippen LogP contribution in [-0.2, 0) is 18.4 Å². The van der Waals surface area contributed by atoms with Gasteiger partial charge >= 0.3 is 0 Å². The van der Waals surface area contributed by atoms with Gasteiger partial charge in [0, 0.05) is 13.1 Å². The number of rotatable bonds is 5. The fraction of sp³-hybridized carbons (Fsp3) is 0.556. The van der Waals surface area contributed by atoms with Gasteiger partial charge < -0.3 is 15.5 Å². The first-order chi connectivity index (χ1) is 14.2. The van der Waals surface area contributed by atoms with Gasteiger partial charge in [-0.3, -0.25) is 0 Å². The summed E-state index contributed by atoms with van der Waals surface area (Å²) in [6.07, 6.45) is 6.28. The van der Waals surface area contributed by atoms with Crippen LogP contribution in [0.5, 0.6) is 11.5 Å². The molecule has 4 rings (SSSR count). The van der Waals surface area contributed by atoms with Crippen molar-refractivity contribution >= 4 is 0 Å². The van der Waals surface area contributed by atoms with Crippen molar-refractivity contribution in [3.63, 3.8) is 0 Å². The molecule has 3 unspecified atom stereocenters. The number of aromatic hydroxyl groups is 2. The third kappa shape index (κ3) is 3.73. The van der Waals surface area contributed by atoms with E-state index in [9.17, 15) is 10.2 Å². The van der Waals surface area contributed by atoms with E-state index in [2.05, 4.69) is 51.2 Å². The number of aryl methyl sites for hydroxylation is 1. The zero-order valence-corrected chi connectivity index (χ0v) is 19.0. The Balaban J connectivity index is 1.52. The number of fused-ring (bicyclic) bond motifs is 3. The molecule has 2 aromatic rings. The average molecular weight is 408 g/mol. The zero-order valence-electron chi connectivity index (χ0n) is 19.0. The molecular formula is C27H37NO2. The molecule has 3 N–H and O–H groups in total. The van der Waals surface area contributed by atoms with E-state index in [0.29, 0.717) is 18.4 Å². The monoisotopic (exact) mass is 407 g/mol. The molecule has 0 amide bonds. The Labute approximate surface area is 181 Å². The third-order valence-corrected chi connectivity index (χ3v) is 8.07. The van der Waals surface area contributed by atoms with Crippen LogP contribution in [0.3, 0.4) is 0 Å². The lowest BCUT2D eigenvalue weighted by Crippen LogP contribution is -2.52. The van der Waals surface area contributed by atoms with Crippen LogP contribution in [0.25, 0.3) is 0 Å². The van der Waals surface area contributed by atoms with Crippen LogP contribution in [0, 0.1) is 11.3 Å². The summed E-state index contributed by atoms with van der Waals surface area (Å²) in [5, 5.41) is 22.9. The molecule has 0 spiro atoms. The lowest BCUT2D eigenvalue weighted by Gasteiger charge is -2.55. The molecule has 0 aliphatic heterocycles. The van der Waals surface area contributed by atoms with E-state index in [-0.39, 0.29) is 22.3 Å². The quantitative estimate of drug-likeness (QED) is 0.531. The molecule has 3 nitrogen and oxygen atoms in total. The van der Waals surface area contributed by atoms with Gasteiger partial charge in [-0.1, -0.05) is 58.4 Å². The predicted octanol–water partition coefficient (Wildman–Crippen LogP) is 6.02. The highest BCUT2D eigenvalue weighted by atomic mass is 16.3. The van der Waals surface area contributed by atoms with Crippen molar-refractivity contribution in [2.24, 2.45) is 11.3 Å². The number of phenols is 2. The van der Waals surface area contributed by atoms with Crippen LogP contribution < -0.4 is 5.32 Å². The molecule has 30 heavy (non-hydrogen) atoms. The van der Waals surface area contributed by atoms with Gasteiger partial charge in [0.05, 0.1) is 0 Å². The molecular weight excluding hydrogens is 370 g/mol. The Morgan fingerprint density at radius 3 is 2.57 bits per heavy atom. The Morgan fingerprint density at radius 2 is 1.83 bits per heavy atom. The van der Waals surface area contributed by atoms with Crippen molar-refractivity contribution < 1.29 is 10.2 Å². The van der Waals surface area contributed by atoms with Crippen molar-refractivity contribution in [1.82, 2.24) is 5.32 Å². The van der Waals surface area contributed by atoms with Gasteiger partial charge in [0.15, 0.2) is 11.5 Å². The molecule has 2 aliphatic carbocycles. The van der Waals surface area contributed by atoms with E-state index in [1.165, 1.54) is 37.7 Å². The van der Waals surface area contributed by atoms with E-state index in [1.54, 1.807) is 23.3 Å². The standard InChI is InChI=1S/C27H37NO2/c1-18(2)20-7-9-22-21(15-20)8-11-25-26(3,12-5-13-27(22,25)4)17-28-16-19-6-10-23(29)24(30)14-19/h6-7,9-10,14-15,18,25,28-30H,5,8,11-13,16-17H2,1-4H3. The van der Waals surface area contributed by atoms with Gasteiger partial charge in [0.25, 0.3) is 0 Å². The average Bonchev–Trinajstić information content (AvgIpc) is 2.70. The van der Waals surface area contributed by atoms with Crippen LogP contribution in [0.15, 0.2) is 36.4 Å². The van der Waals surface area contributed by atoms with Crippen molar-refractivity contribution in [2.45, 2.75) is 77.7 Å². The summed E-state index contributed by atoms with van der Waals surface area (Å²) >= 11 is 0. The number of phenolic OH excluding ortho intramolecular Hbond substituents is 2. The number of hydrogen-bond acceptors (Lipinski definition) is 3. The van der Waals surface area contributed by atoms with Gasteiger partial charge in [-0.25, -0.2) is 0 Å². The maximum atomic E-state index is 9.76. The van der Waals surface area contributed by atoms with Crippen LogP contribution >= 0.6 is 0 Å². The molecule has 3 heteroatoms.